The Bertz CT molecular complexity index is 500. The van der Waals surface area contributed by atoms with E-state index in [1.54, 1.807) is 12.1 Å². The Morgan fingerprint density at radius 1 is 1.23 bits per heavy atom. The molecular formula is C18H23ClF2O. The highest BCUT2D eigenvalue weighted by atomic mass is 35.5. The van der Waals surface area contributed by atoms with E-state index in [-0.39, 0.29) is 36.4 Å². The van der Waals surface area contributed by atoms with Gasteiger partial charge in [-0.25, -0.2) is 8.78 Å². The lowest BCUT2D eigenvalue weighted by atomic mass is 9.76. The lowest BCUT2D eigenvalue weighted by molar-refractivity contribution is -0.124. The van der Waals surface area contributed by atoms with Crippen molar-refractivity contribution in [3.63, 3.8) is 0 Å². The second kappa shape index (κ2) is 7.08. The average Bonchev–Trinajstić information content (AvgIpc) is 2.46. The Kier molecular flexibility index (Phi) is 5.60. The van der Waals surface area contributed by atoms with Crippen molar-refractivity contribution in [2.45, 2.75) is 57.8 Å². The van der Waals surface area contributed by atoms with E-state index >= 15 is 0 Å². The Morgan fingerprint density at radius 3 is 2.27 bits per heavy atom. The molecule has 2 rings (SSSR count). The molecule has 1 saturated carbocycles. The van der Waals surface area contributed by atoms with Crippen LogP contribution in [0.15, 0.2) is 24.3 Å². The first-order valence-electron chi connectivity index (χ1n) is 7.95. The van der Waals surface area contributed by atoms with Crippen LogP contribution < -0.4 is 0 Å². The summed E-state index contributed by atoms with van der Waals surface area (Å²) in [7, 11) is 0. The van der Waals surface area contributed by atoms with Crippen LogP contribution in [-0.2, 0) is 4.79 Å². The minimum Gasteiger partial charge on any atom is -0.299 e. The molecule has 1 aliphatic rings. The molecule has 0 bridgehead atoms. The number of halogens is 3. The summed E-state index contributed by atoms with van der Waals surface area (Å²) in [5.41, 5.74) is 0.945. The summed E-state index contributed by atoms with van der Waals surface area (Å²) in [5.74, 6) is -2.42. The molecule has 22 heavy (non-hydrogen) atoms. The minimum atomic E-state index is -2.52. The van der Waals surface area contributed by atoms with Gasteiger partial charge in [0, 0.05) is 29.7 Å². The average molecular weight is 329 g/mol. The van der Waals surface area contributed by atoms with E-state index in [1.807, 2.05) is 26.0 Å². The number of carbonyl (C=O) groups is 1. The van der Waals surface area contributed by atoms with E-state index in [0.29, 0.717) is 24.3 Å². The largest absolute Gasteiger partial charge is 0.299 e. The summed E-state index contributed by atoms with van der Waals surface area (Å²) < 4.78 is 26.6. The molecule has 1 nitrogen and oxygen atoms in total. The summed E-state index contributed by atoms with van der Waals surface area (Å²) in [6.07, 6.45) is 1.56. The van der Waals surface area contributed by atoms with Crippen LogP contribution in [-0.4, -0.2) is 11.7 Å². The minimum absolute atomic E-state index is 0.0547. The SMILES string of the molecule is CC(C)C(=O)C(CC1CCC(F)(F)CC1)c1ccc(Cl)cc1. The number of Topliss-reactive ketones (excluding diaryl/α,β-unsaturated/α-hetero) is 1. The van der Waals surface area contributed by atoms with Crippen LogP contribution in [0.5, 0.6) is 0 Å². The van der Waals surface area contributed by atoms with Crippen molar-refractivity contribution in [1.82, 2.24) is 0 Å². The Hall–Kier alpha value is -0.960. The molecule has 1 fully saturated rings. The van der Waals surface area contributed by atoms with Gasteiger partial charge in [-0.15, -0.1) is 0 Å². The van der Waals surface area contributed by atoms with Crippen LogP contribution in [0.1, 0.15) is 57.4 Å². The molecule has 0 radical (unpaired) electrons. The fraction of sp³-hybridized carbons (Fsp3) is 0.611. The van der Waals surface area contributed by atoms with E-state index in [1.165, 1.54) is 0 Å². The summed E-state index contributed by atoms with van der Waals surface area (Å²) in [6, 6.07) is 7.33. The van der Waals surface area contributed by atoms with Gasteiger partial charge in [-0.3, -0.25) is 4.79 Å². The van der Waals surface area contributed by atoms with E-state index in [2.05, 4.69) is 0 Å². The van der Waals surface area contributed by atoms with Gasteiger partial charge >= 0.3 is 0 Å². The Balaban J connectivity index is 2.12. The number of carbonyl (C=O) groups excluding carboxylic acids is 1. The molecule has 0 N–H and O–H groups in total. The van der Waals surface area contributed by atoms with Gasteiger partial charge in [-0.2, -0.15) is 0 Å². The van der Waals surface area contributed by atoms with Crippen LogP contribution in [0.25, 0.3) is 0 Å². The van der Waals surface area contributed by atoms with Gasteiger partial charge in [-0.1, -0.05) is 37.6 Å². The van der Waals surface area contributed by atoms with Gasteiger partial charge < -0.3 is 0 Å². The first kappa shape index (κ1) is 17.4. The Labute approximate surface area is 136 Å². The molecular weight excluding hydrogens is 306 g/mol. The zero-order valence-electron chi connectivity index (χ0n) is 13.1. The summed E-state index contributed by atoms with van der Waals surface area (Å²) in [5, 5.41) is 0.636. The van der Waals surface area contributed by atoms with Gasteiger partial charge in [0.2, 0.25) is 5.92 Å². The quantitative estimate of drug-likeness (QED) is 0.661. The number of hydrogen-bond donors (Lipinski definition) is 0. The third-order valence-corrected chi connectivity index (χ3v) is 4.84. The number of rotatable bonds is 5. The predicted molar refractivity (Wildman–Crippen MR) is 85.6 cm³/mol. The smallest absolute Gasteiger partial charge is 0.248 e. The first-order chi connectivity index (χ1) is 10.3. The van der Waals surface area contributed by atoms with Crippen molar-refractivity contribution in [3.8, 4) is 0 Å². The Morgan fingerprint density at radius 2 is 1.77 bits per heavy atom. The molecule has 1 atom stereocenters. The first-order valence-corrected chi connectivity index (χ1v) is 8.33. The number of ketones is 1. The maximum atomic E-state index is 13.3. The predicted octanol–water partition coefficient (Wildman–Crippen LogP) is 5.86. The van der Waals surface area contributed by atoms with Gasteiger partial charge in [-0.05, 0) is 42.9 Å². The molecule has 0 saturated heterocycles. The number of alkyl halides is 2. The monoisotopic (exact) mass is 328 g/mol. The second-order valence-corrected chi connectivity index (χ2v) is 7.13. The molecule has 1 aromatic rings. The molecule has 0 aliphatic heterocycles. The van der Waals surface area contributed by atoms with E-state index in [0.717, 1.165) is 5.56 Å². The third kappa shape index (κ3) is 4.52. The van der Waals surface area contributed by atoms with Gasteiger partial charge in [0.15, 0.2) is 0 Å². The third-order valence-electron chi connectivity index (χ3n) is 4.59. The standard InChI is InChI=1S/C18H23ClF2O/c1-12(2)17(22)16(14-3-5-15(19)6-4-14)11-13-7-9-18(20,21)10-8-13/h3-6,12-13,16H,7-11H2,1-2H3. The zero-order chi connectivity index (χ0) is 16.3. The maximum absolute atomic E-state index is 13.3. The van der Waals surface area contributed by atoms with Crippen molar-refractivity contribution < 1.29 is 13.6 Å². The van der Waals surface area contributed by atoms with Gasteiger partial charge in [0.05, 0.1) is 0 Å². The molecule has 4 heteroatoms. The fourth-order valence-electron chi connectivity index (χ4n) is 3.18. The highest BCUT2D eigenvalue weighted by Crippen LogP contribution is 2.40. The van der Waals surface area contributed by atoms with Crippen molar-refractivity contribution in [1.29, 1.82) is 0 Å². The second-order valence-electron chi connectivity index (χ2n) is 6.70. The molecule has 122 valence electrons. The van der Waals surface area contributed by atoms with E-state index < -0.39 is 5.92 Å². The van der Waals surface area contributed by atoms with Crippen LogP contribution in [0.3, 0.4) is 0 Å². The normalized spacial score (nSPS) is 20.1. The summed E-state index contributed by atoms with van der Waals surface area (Å²) in [4.78, 5) is 12.5. The van der Waals surface area contributed by atoms with E-state index in [9.17, 15) is 13.6 Å². The molecule has 1 unspecified atom stereocenters. The molecule has 0 amide bonds. The lowest BCUT2D eigenvalue weighted by Gasteiger charge is -2.31. The molecule has 1 aliphatic carbocycles. The number of benzene rings is 1. The fourth-order valence-corrected chi connectivity index (χ4v) is 3.31. The van der Waals surface area contributed by atoms with Crippen LogP contribution in [0.2, 0.25) is 5.02 Å². The molecule has 0 spiro atoms. The van der Waals surface area contributed by atoms with Crippen molar-refractivity contribution in [2.75, 3.05) is 0 Å². The van der Waals surface area contributed by atoms with Gasteiger partial charge in [0.25, 0.3) is 0 Å². The van der Waals surface area contributed by atoms with Crippen molar-refractivity contribution >= 4 is 17.4 Å². The highest BCUT2D eigenvalue weighted by Gasteiger charge is 2.36. The molecule has 1 aromatic carbocycles. The van der Waals surface area contributed by atoms with E-state index in [4.69, 9.17) is 11.6 Å². The summed E-state index contributed by atoms with van der Waals surface area (Å²) in [6.45, 7) is 3.78. The summed E-state index contributed by atoms with van der Waals surface area (Å²) >= 11 is 5.91. The highest BCUT2D eigenvalue weighted by molar-refractivity contribution is 6.30. The maximum Gasteiger partial charge on any atom is 0.248 e. The molecule has 0 aromatic heterocycles. The van der Waals surface area contributed by atoms with Crippen molar-refractivity contribution in [2.24, 2.45) is 11.8 Å². The van der Waals surface area contributed by atoms with Crippen LogP contribution in [0.4, 0.5) is 8.78 Å². The van der Waals surface area contributed by atoms with Crippen LogP contribution >= 0.6 is 11.6 Å². The van der Waals surface area contributed by atoms with Gasteiger partial charge in [0.1, 0.15) is 5.78 Å². The number of hydrogen-bond acceptors (Lipinski definition) is 1. The zero-order valence-corrected chi connectivity index (χ0v) is 13.9. The molecule has 0 heterocycles. The van der Waals surface area contributed by atoms with Crippen LogP contribution in [0, 0.1) is 11.8 Å². The van der Waals surface area contributed by atoms with Crippen molar-refractivity contribution in [3.05, 3.63) is 34.9 Å². The topological polar surface area (TPSA) is 17.1 Å². The lowest BCUT2D eigenvalue weighted by Crippen LogP contribution is -2.27.